The molecule has 0 fully saturated rings. The summed E-state index contributed by atoms with van der Waals surface area (Å²) in [5.41, 5.74) is 3.93. The lowest BCUT2D eigenvalue weighted by Crippen LogP contribution is -2.15. The van der Waals surface area contributed by atoms with Crippen LogP contribution in [-0.4, -0.2) is 22.0 Å². The molecule has 6 nitrogen and oxygen atoms in total. The maximum absolute atomic E-state index is 12.6. The van der Waals surface area contributed by atoms with Gasteiger partial charge in [0.25, 0.3) is 5.91 Å². The van der Waals surface area contributed by atoms with E-state index in [0.717, 1.165) is 22.5 Å². The molecule has 6 heteroatoms. The van der Waals surface area contributed by atoms with Gasteiger partial charge in [-0.15, -0.1) is 0 Å². The van der Waals surface area contributed by atoms with E-state index in [1.165, 1.54) is 0 Å². The van der Waals surface area contributed by atoms with E-state index in [1.54, 1.807) is 12.3 Å². The highest BCUT2D eigenvalue weighted by Gasteiger charge is 2.12. The molecular weight excluding hydrogens is 352 g/mol. The van der Waals surface area contributed by atoms with Gasteiger partial charge in [0.15, 0.2) is 0 Å². The van der Waals surface area contributed by atoms with Crippen LogP contribution in [0.2, 0.25) is 0 Å². The van der Waals surface area contributed by atoms with Gasteiger partial charge < -0.3 is 15.4 Å². The van der Waals surface area contributed by atoms with E-state index in [9.17, 15) is 4.79 Å². The smallest absolute Gasteiger partial charge is 0.274 e. The Morgan fingerprint density at radius 1 is 1.04 bits per heavy atom. The minimum absolute atomic E-state index is 0.0405. The number of ether oxygens (including phenoxy) is 1. The van der Waals surface area contributed by atoms with Crippen molar-refractivity contribution in [1.82, 2.24) is 9.97 Å². The average Bonchev–Trinajstić information content (AvgIpc) is 2.62. The number of para-hydroxylation sites is 2. The van der Waals surface area contributed by atoms with Gasteiger partial charge in [-0.25, -0.2) is 9.97 Å². The Morgan fingerprint density at radius 2 is 1.75 bits per heavy atom. The molecule has 0 aliphatic rings. The van der Waals surface area contributed by atoms with Crippen LogP contribution in [0.1, 0.15) is 35.5 Å². The van der Waals surface area contributed by atoms with Gasteiger partial charge in [-0.1, -0.05) is 18.2 Å². The molecule has 1 amide bonds. The Bertz CT molecular complexity index is 966. The Balaban J connectivity index is 1.78. The van der Waals surface area contributed by atoms with Gasteiger partial charge in [0.05, 0.1) is 11.8 Å². The van der Waals surface area contributed by atoms with Crippen molar-refractivity contribution < 1.29 is 9.53 Å². The van der Waals surface area contributed by atoms with Crippen LogP contribution < -0.4 is 15.4 Å². The molecule has 0 aliphatic carbocycles. The van der Waals surface area contributed by atoms with Crippen molar-refractivity contribution >= 4 is 23.2 Å². The first-order valence-corrected chi connectivity index (χ1v) is 9.16. The Morgan fingerprint density at radius 3 is 2.46 bits per heavy atom. The largest absolute Gasteiger partial charge is 0.489 e. The number of amides is 1. The third kappa shape index (κ3) is 5.07. The molecule has 1 heterocycles. The minimum atomic E-state index is -0.290. The first-order valence-electron chi connectivity index (χ1n) is 9.16. The maximum Gasteiger partial charge on any atom is 0.274 e. The molecule has 0 bridgehead atoms. The zero-order chi connectivity index (χ0) is 20.1. The molecule has 0 spiro atoms. The van der Waals surface area contributed by atoms with Gasteiger partial charge in [-0.3, -0.25) is 4.79 Å². The fraction of sp³-hybridized carbons (Fsp3) is 0.227. The summed E-state index contributed by atoms with van der Waals surface area (Å²) in [5.74, 6) is 0.737. The standard InChI is InChI=1S/C22H24N4O2/c1-14(2)28-20-8-6-5-7-18(20)25-22-23-10-9-19(26-22)21(27)24-17-12-15(3)11-16(4)13-17/h5-14H,1-4H3,(H,24,27)(H,23,25,26). The molecular formula is C22H24N4O2. The van der Waals surface area contributed by atoms with Crippen molar-refractivity contribution in [2.75, 3.05) is 10.6 Å². The third-order valence-corrected chi connectivity index (χ3v) is 3.86. The highest BCUT2D eigenvalue weighted by atomic mass is 16.5. The molecule has 0 aliphatic heterocycles. The molecule has 0 saturated carbocycles. The van der Waals surface area contributed by atoms with Crippen molar-refractivity contribution in [2.24, 2.45) is 0 Å². The van der Waals surface area contributed by atoms with E-state index in [2.05, 4.69) is 26.7 Å². The van der Waals surface area contributed by atoms with E-state index in [0.29, 0.717) is 11.7 Å². The van der Waals surface area contributed by atoms with Crippen molar-refractivity contribution in [3.63, 3.8) is 0 Å². The Labute approximate surface area is 165 Å². The maximum atomic E-state index is 12.6. The number of hydrogen-bond donors (Lipinski definition) is 2. The summed E-state index contributed by atoms with van der Waals surface area (Å²) in [7, 11) is 0. The van der Waals surface area contributed by atoms with Gasteiger partial charge in [0.2, 0.25) is 5.95 Å². The first-order chi connectivity index (χ1) is 13.4. The second-order valence-corrected chi connectivity index (χ2v) is 6.88. The molecule has 1 aromatic heterocycles. The van der Waals surface area contributed by atoms with Crippen LogP contribution in [0.25, 0.3) is 0 Å². The molecule has 0 radical (unpaired) electrons. The quantitative estimate of drug-likeness (QED) is 0.641. The number of aromatic nitrogens is 2. The fourth-order valence-corrected chi connectivity index (χ4v) is 2.83. The number of hydrogen-bond acceptors (Lipinski definition) is 5. The molecule has 2 N–H and O–H groups in total. The van der Waals surface area contributed by atoms with Gasteiger partial charge >= 0.3 is 0 Å². The number of carbonyl (C=O) groups excluding carboxylic acids is 1. The predicted molar refractivity (Wildman–Crippen MR) is 111 cm³/mol. The third-order valence-electron chi connectivity index (χ3n) is 3.86. The molecule has 144 valence electrons. The number of nitrogens with one attached hydrogen (secondary N) is 2. The van der Waals surface area contributed by atoms with E-state index < -0.39 is 0 Å². The summed E-state index contributed by atoms with van der Waals surface area (Å²) in [6, 6.07) is 15.0. The number of aryl methyl sites for hydroxylation is 2. The highest BCUT2D eigenvalue weighted by molar-refractivity contribution is 6.03. The predicted octanol–water partition coefficient (Wildman–Crippen LogP) is 4.88. The van der Waals surface area contributed by atoms with Crippen molar-refractivity contribution in [3.8, 4) is 5.75 Å². The molecule has 0 saturated heterocycles. The normalized spacial score (nSPS) is 10.6. The van der Waals surface area contributed by atoms with Crippen LogP contribution in [0.5, 0.6) is 5.75 Å². The van der Waals surface area contributed by atoms with E-state index in [1.807, 2.05) is 64.1 Å². The lowest BCUT2D eigenvalue weighted by atomic mass is 10.1. The lowest BCUT2D eigenvalue weighted by molar-refractivity contribution is 0.102. The molecule has 2 aromatic carbocycles. The minimum Gasteiger partial charge on any atom is -0.489 e. The van der Waals surface area contributed by atoms with Gasteiger partial charge in [0, 0.05) is 11.9 Å². The summed E-state index contributed by atoms with van der Waals surface area (Å²) in [5, 5.41) is 6.01. The van der Waals surface area contributed by atoms with E-state index >= 15 is 0 Å². The monoisotopic (exact) mass is 376 g/mol. The molecule has 3 rings (SSSR count). The summed E-state index contributed by atoms with van der Waals surface area (Å²) >= 11 is 0. The molecule has 0 unspecified atom stereocenters. The number of benzene rings is 2. The van der Waals surface area contributed by atoms with Crippen LogP contribution in [0.3, 0.4) is 0 Å². The second-order valence-electron chi connectivity index (χ2n) is 6.88. The molecule has 0 atom stereocenters. The van der Waals surface area contributed by atoms with Crippen molar-refractivity contribution in [3.05, 3.63) is 71.5 Å². The summed E-state index contributed by atoms with van der Waals surface area (Å²) in [4.78, 5) is 21.2. The molecule has 3 aromatic rings. The second kappa shape index (κ2) is 8.52. The first kappa shape index (κ1) is 19.4. The summed E-state index contributed by atoms with van der Waals surface area (Å²) in [6.45, 7) is 7.91. The number of anilines is 3. The topological polar surface area (TPSA) is 76.1 Å². The zero-order valence-corrected chi connectivity index (χ0v) is 16.5. The number of rotatable bonds is 6. The van der Waals surface area contributed by atoms with Crippen LogP contribution in [0.4, 0.5) is 17.3 Å². The fourth-order valence-electron chi connectivity index (χ4n) is 2.83. The molecule has 28 heavy (non-hydrogen) atoms. The Hall–Kier alpha value is -3.41. The van der Waals surface area contributed by atoms with Crippen LogP contribution >= 0.6 is 0 Å². The van der Waals surface area contributed by atoms with E-state index in [4.69, 9.17) is 4.74 Å². The summed E-state index contributed by atoms with van der Waals surface area (Å²) < 4.78 is 5.80. The van der Waals surface area contributed by atoms with E-state index in [-0.39, 0.29) is 17.7 Å². The van der Waals surface area contributed by atoms with Gasteiger partial charge in [-0.05, 0) is 69.2 Å². The average molecular weight is 376 g/mol. The Kier molecular flexibility index (Phi) is 5.89. The van der Waals surface area contributed by atoms with Gasteiger partial charge in [0.1, 0.15) is 11.4 Å². The van der Waals surface area contributed by atoms with Crippen molar-refractivity contribution in [1.29, 1.82) is 0 Å². The SMILES string of the molecule is Cc1cc(C)cc(NC(=O)c2ccnc(Nc3ccccc3OC(C)C)n2)c1. The van der Waals surface area contributed by atoms with Crippen LogP contribution in [0, 0.1) is 13.8 Å². The highest BCUT2D eigenvalue weighted by Crippen LogP contribution is 2.27. The lowest BCUT2D eigenvalue weighted by Gasteiger charge is -2.15. The number of carbonyl (C=O) groups is 1. The number of nitrogens with zero attached hydrogens (tertiary/aromatic N) is 2. The van der Waals surface area contributed by atoms with Crippen LogP contribution in [0.15, 0.2) is 54.7 Å². The van der Waals surface area contributed by atoms with Gasteiger partial charge in [-0.2, -0.15) is 0 Å². The van der Waals surface area contributed by atoms with Crippen molar-refractivity contribution in [2.45, 2.75) is 33.8 Å². The summed E-state index contributed by atoms with van der Waals surface area (Å²) in [6.07, 6.45) is 1.59. The zero-order valence-electron chi connectivity index (χ0n) is 16.5. The van der Waals surface area contributed by atoms with Crippen LogP contribution in [-0.2, 0) is 0 Å².